The zero-order valence-electron chi connectivity index (χ0n) is 12.5. The summed E-state index contributed by atoms with van der Waals surface area (Å²) in [6.45, 7) is 3.51. The Labute approximate surface area is 127 Å². The first kappa shape index (κ1) is 16.4. The van der Waals surface area contributed by atoms with Crippen LogP contribution in [-0.2, 0) is 16.8 Å². The highest BCUT2D eigenvalue weighted by Gasteiger charge is 2.35. The van der Waals surface area contributed by atoms with Crippen molar-refractivity contribution >= 4 is 10.2 Å². The van der Waals surface area contributed by atoms with E-state index in [1.807, 2.05) is 25.1 Å². The van der Waals surface area contributed by atoms with Crippen LogP contribution in [0.1, 0.15) is 31.9 Å². The molecule has 7 heteroatoms. The lowest BCUT2D eigenvalue weighted by Gasteiger charge is -2.37. The predicted molar refractivity (Wildman–Crippen MR) is 82.6 cm³/mol. The Kier molecular flexibility index (Phi) is 5.69. The van der Waals surface area contributed by atoms with Gasteiger partial charge in [-0.25, -0.2) is 0 Å². The third-order valence-electron chi connectivity index (χ3n) is 3.89. The molecular formula is C14H24N4O2S. The maximum atomic E-state index is 12.9. The van der Waals surface area contributed by atoms with E-state index in [0.29, 0.717) is 26.2 Å². The van der Waals surface area contributed by atoms with E-state index < -0.39 is 10.2 Å². The number of hydrogen-bond donors (Lipinski definition) is 1. The molecule has 1 fully saturated rings. The van der Waals surface area contributed by atoms with Gasteiger partial charge in [-0.2, -0.15) is 17.0 Å². The molecule has 2 N–H and O–H groups in total. The number of aromatic nitrogens is 1. The zero-order chi connectivity index (χ0) is 15.3. The van der Waals surface area contributed by atoms with Gasteiger partial charge in [-0.1, -0.05) is 19.4 Å². The molecule has 0 aliphatic carbocycles. The molecule has 118 valence electrons. The van der Waals surface area contributed by atoms with Crippen LogP contribution in [0, 0.1) is 0 Å². The van der Waals surface area contributed by atoms with E-state index in [2.05, 4.69) is 4.98 Å². The maximum Gasteiger partial charge on any atom is 0.282 e. The first-order valence-corrected chi connectivity index (χ1v) is 8.86. The van der Waals surface area contributed by atoms with Gasteiger partial charge < -0.3 is 5.73 Å². The van der Waals surface area contributed by atoms with Gasteiger partial charge in [0.2, 0.25) is 0 Å². The highest BCUT2D eigenvalue weighted by molar-refractivity contribution is 7.86. The molecule has 0 spiro atoms. The van der Waals surface area contributed by atoms with E-state index in [4.69, 9.17) is 5.73 Å². The summed E-state index contributed by atoms with van der Waals surface area (Å²) in [5, 5.41) is 0. The summed E-state index contributed by atoms with van der Waals surface area (Å²) in [7, 11) is -3.49. The minimum Gasteiger partial charge on any atom is -0.329 e. The monoisotopic (exact) mass is 312 g/mol. The van der Waals surface area contributed by atoms with E-state index >= 15 is 0 Å². The minimum atomic E-state index is -3.49. The number of piperidine rings is 1. The molecule has 1 aromatic heterocycles. The van der Waals surface area contributed by atoms with Crippen LogP contribution >= 0.6 is 0 Å². The lowest BCUT2D eigenvalue weighted by Crippen LogP contribution is -2.52. The van der Waals surface area contributed by atoms with Crippen molar-refractivity contribution < 1.29 is 8.42 Å². The summed E-state index contributed by atoms with van der Waals surface area (Å²) >= 11 is 0. The molecule has 1 unspecified atom stereocenters. The number of nitrogens with two attached hydrogens (primary N) is 1. The van der Waals surface area contributed by atoms with E-state index in [9.17, 15) is 8.42 Å². The lowest BCUT2D eigenvalue weighted by atomic mass is 10.1. The summed E-state index contributed by atoms with van der Waals surface area (Å²) < 4.78 is 28.8. The van der Waals surface area contributed by atoms with Gasteiger partial charge in [0.05, 0.1) is 12.2 Å². The Morgan fingerprint density at radius 3 is 2.86 bits per heavy atom. The molecule has 1 atom stereocenters. The molecule has 21 heavy (non-hydrogen) atoms. The Morgan fingerprint density at radius 2 is 2.24 bits per heavy atom. The Balaban J connectivity index is 2.18. The average Bonchev–Trinajstić information content (AvgIpc) is 2.53. The quantitative estimate of drug-likeness (QED) is 0.848. The van der Waals surface area contributed by atoms with Crippen molar-refractivity contribution in [2.75, 3.05) is 19.6 Å². The van der Waals surface area contributed by atoms with E-state index in [-0.39, 0.29) is 6.04 Å². The third kappa shape index (κ3) is 3.79. The summed E-state index contributed by atoms with van der Waals surface area (Å²) in [6, 6.07) is 5.45. The Hall–Kier alpha value is -1.02. The average molecular weight is 312 g/mol. The number of pyridine rings is 1. The second-order valence-electron chi connectivity index (χ2n) is 5.25. The molecule has 0 amide bonds. The Bertz CT molecular complexity index is 535. The van der Waals surface area contributed by atoms with E-state index in [0.717, 1.165) is 25.0 Å². The molecule has 0 saturated carbocycles. The van der Waals surface area contributed by atoms with E-state index in [1.165, 1.54) is 4.31 Å². The van der Waals surface area contributed by atoms with Crippen LogP contribution in [0.2, 0.25) is 0 Å². The van der Waals surface area contributed by atoms with Crippen molar-refractivity contribution in [2.24, 2.45) is 5.73 Å². The second kappa shape index (κ2) is 7.31. The summed E-state index contributed by atoms with van der Waals surface area (Å²) in [5.41, 5.74) is 6.50. The van der Waals surface area contributed by atoms with Crippen molar-refractivity contribution in [3.05, 3.63) is 30.1 Å². The van der Waals surface area contributed by atoms with Crippen LogP contribution in [0.4, 0.5) is 0 Å². The fraction of sp³-hybridized carbons (Fsp3) is 0.643. The molecular weight excluding hydrogens is 288 g/mol. The fourth-order valence-electron chi connectivity index (χ4n) is 2.69. The highest BCUT2D eigenvalue weighted by atomic mass is 32.2. The third-order valence-corrected chi connectivity index (χ3v) is 6.00. The topological polar surface area (TPSA) is 79.5 Å². The lowest BCUT2D eigenvalue weighted by molar-refractivity contribution is 0.235. The first-order valence-electron chi connectivity index (χ1n) is 7.46. The van der Waals surface area contributed by atoms with Gasteiger partial charge in [-0.15, -0.1) is 0 Å². The molecule has 1 aliphatic heterocycles. The zero-order valence-corrected chi connectivity index (χ0v) is 13.3. The second-order valence-corrected chi connectivity index (χ2v) is 7.13. The Morgan fingerprint density at radius 1 is 1.43 bits per heavy atom. The standard InChI is InChI=1S/C14H24N4O2S/c1-2-17(12-13-7-3-5-9-16-13)21(19,20)18-10-6-4-8-14(18)11-15/h3,5,7,9,14H,2,4,6,8,10-12,15H2,1H3. The highest BCUT2D eigenvalue weighted by Crippen LogP contribution is 2.22. The SMILES string of the molecule is CCN(Cc1ccccn1)S(=O)(=O)N1CCCCC1CN. The number of rotatable bonds is 6. The summed E-state index contributed by atoms with van der Waals surface area (Å²) in [4.78, 5) is 4.22. The maximum absolute atomic E-state index is 12.9. The van der Waals surface area contributed by atoms with Crippen molar-refractivity contribution in [2.45, 2.75) is 38.8 Å². The van der Waals surface area contributed by atoms with Crippen LogP contribution in [0.25, 0.3) is 0 Å². The summed E-state index contributed by atoms with van der Waals surface area (Å²) in [6.07, 6.45) is 4.47. The number of hydrogen-bond acceptors (Lipinski definition) is 4. The summed E-state index contributed by atoms with van der Waals surface area (Å²) in [5.74, 6) is 0. The van der Waals surface area contributed by atoms with Crippen molar-refractivity contribution in [1.29, 1.82) is 0 Å². The molecule has 1 aliphatic rings. The smallest absolute Gasteiger partial charge is 0.282 e. The van der Waals surface area contributed by atoms with Gasteiger partial charge in [0.25, 0.3) is 10.2 Å². The van der Waals surface area contributed by atoms with Gasteiger partial charge in [0.15, 0.2) is 0 Å². The normalized spacial score (nSPS) is 20.8. The molecule has 1 saturated heterocycles. The van der Waals surface area contributed by atoms with Crippen molar-refractivity contribution in [1.82, 2.24) is 13.6 Å². The number of nitrogens with zero attached hydrogens (tertiary/aromatic N) is 3. The van der Waals surface area contributed by atoms with Crippen LogP contribution in [0.15, 0.2) is 24.4 Å². The minimum absolute atomic E-state index is 0.0819. The van der Waals surface area contributed by atoms with Crippen LogP contribution < -0.4 is 5.73 Å². The van der Waals surface area contributed by atoms with Gasteiger partial charge >= 0.3 is 0 Å². The molecule has 0 bridgehead atoms. The first-order chi connectivity index (χ1) is 10.1. The van der Waals surface area contributed by atoms with E-state index in [1.54, 1.807) is 10.5 Å². The molecule has 2 heterocycles. The van der Waals surface area contributed by atoms with Gasteiger partial charge in [0.1, 0.15) is 0 Å². The van der Waals surface area contributed by atoms with Crippen molar-refractivity contribution in [3.63, 3.8) is 0 Å². The van der Waals surface area contributed by atoms with Crippen LogP contribution in [0.3, 0.4) is 0 Å². The van der Waals surface area contributed by atoms with Crippen molar-refractivity contribution in [3.8, 4) is 0 Å². The largest absolute Gasteiger partial charge is 0.329 e. The molecule has 2 rings (SSSR count). The molecule has 0 radical (unpaired) electrons. The van der Waals surface area contributed by atoms with Gasteiger partial charge in [-0.05, 0) is 25.0 Å². The van der Waals surface area contributed by atoms with Gasteiger partial charge in [0, 0.05) is 31.9 Å². The molecule has 0 aromatic carbocycles. The fourth-order valence-corrected chi connectivity index (χ4v) is 4.54. The van der Waals surface area contributed by atoms with Crippen LogP contribution in [-0.4, -0.2) is 47.7 Å². The van der Waals surface area contributed by atoms with Crippen LogP contribution in [0.5, 0.6) is 0 Å². The predicted octanol–water partition coefficient (Wildman–Crippen LogP) is 0.961. The molecule has 1 aromatic rings. The van der Waals surface area contributed by atoms with Gasteiger partial charge in [-0.3, -0.25) is 4.98 Å². The molecule has 6 nitrogen and oxygen atoms in total.